The number of hydrogen-bond acceptors (Lipinski definition) is 3. The normalized spacial score (nSPS) is 33.0. The van der Waals surface area contributed by atoms with Crippen LogP contribution in [0.4, 0.5) is 0 Å². The molecule has 0 amide bonds. The van der Waals surface area contributed by atoms with Crippen LogP contribution in [0.1, 0.15) is 13.8 Å². The first kappa shape index (κ1) is 8.97. The van der Waals surface area contributed by atoms with Crippen molar-refractivity contribution < 1.29 is 4.74 Å². The van der Waals surface area contributed by atoms with E-state index in [1.54, 1.807) is 0 Å². The van der Waals surface area contributed by atoms with Gasteiger partial charge >= 0.3 is 0 Å². The Bertz CT molecular complexity index is 119. The van der Waals surface area contributed by atoms with Crippen molar-refractivity contribution in [2.75, 3.05) is 26.3 Å². The zero-order chi connectivity index (χ0) is 8.27. The van der Waals surface area contributed by atoms with Gasteiger partial charge in [-0.2, -0.15) is 0 Å². The first-order valence-corrected chi connectivity index (χ1v) is 4.31. The fraction of sp³-hybridized carbons (Fsp3) is 1.00. The average molecular weight is 158 g/mol. The Hall–Kier alpha value is -0.120. The lowest BCUT2D eigenvalue weighted by atomic mass is 9.99. The summed E-state index contributed by atoms with van der Waals surface area (Å²) in [5.74, 6) is 6.99. The lowest BCUT2D eigenvalue weighted by molar-refractivity contribution is 0.101. The summed E-state index contributed by atoms with van der Waals surface area (Å²) in [6.07, 6.45) is 0. The van der Waals surface area contributed by atoms with Crippen LogP contribution in [0.2, 0.25) is 0 Å². The van der Waals surface area contributed by atoms with E-state index in [-0.39, 0.29) is 0 Å². The molecule has 0 aromatic carbocycles. The van der Waals surface area contributed by atoms with Gasteiger partial charge in [0.1, 0.15) is 0 Å². The van der Waals surface area contributed by atoms with Gasteiger partial charge in [-0.1, -0.05) is 6.92 Å². The number of nitrogens with zero attached hydrogens (tertiary/aromatic N) is 1. The molecule has 0 aliphatic carbocycles. The number of rotatable bonds is 3. The molecule has 1 aliphatic heterocycles. The molecule has 1 rings (SSSR count). The Morgan fingerprint density at radius 1 is 1.55 bits per heavy atom. The molecule has 3 heteroatoms. The molecule has 11 heavy (non-hydrogen) atoms. The van der Waals surface area contributed by atoms with E-state index in [9.17, 15) is 0 Å². The minimum absolute atomic E-state index is 0.639. The third kappa shape index (κ3) is 2.43. The Morgan fingerprint density at radius 3 is 2.73 bits per heavy atom. The monoisotopic (exact) mass is 158 g/mol. The highest BCUT2D eigenvalue weighted by Gasteiger charge is 2.27. The van der Waals surface area contributed by atoms with Crippen molar-refractivity contribution in [3.8, 4) is 0 Å². The fourth-order valence-electron chi connectivity index (χ4n) is 1.56. The minimum Gasteiger partial charge on any atom is -0.381 e. The molecule has 1 saturated heterocycles. The van der Waals surface area contributed by atoms with E-state index < -0.39 is 0 Å². The second-order valence-electron chi connectivity index (χ2n) is 3.35. The number of hydrogen-bond donors (Lipinski definition) is 1. The van der Waals surface area contributed by atoms with Crippen LogP contribution in [0, 0.1) is 11.8 Å². The highest BCUT2D eigenvalue weighted by molar-refractivity contribution is 4.77. The summed E-state index contributed by atoms with van der Waals surface area (Å²) in [5.41, 5.74) is 0. The molecular weight excluding hydrogens is 140 g/mol. The van der Waals surface area contributed by atoms with Crippen LogP contribution in [-0.2, 0) is 4.74 Å². The van der Waals surface area contributed by atoms with Crippen LogP contribution in [-0.4, -0.2) is 31.3 Å². The first-order chi connectivity index (χ1) is 5.24. The molecule has 2 N–H and O–H groups in total. The van der Waals surface area contributed by atoms with E-state index in [0.717, 1.165) is 26.3 Å². The van der Waals surface area contributed by atoms with Gasteiger partial charge in [0.05, 0.1) is 6.61 Å². The van der Waals surface area contributed by atoms with Gasteiger partial charge < -0.3 is 4.74 Å². The zero-order valence-corrected chi connectivity index (χ0v) is 7.42. The van der Waals surface area contributed by atoms with Crippen molar-refractivity contribution in [3.63, 3.8) is 0 Å². The molecule has 0 spiro atoms. The molecular formula is C8H18N2O. The standard InChI is InChI=1S/C8H18N2O/c1-3-11-6-8-5-10(9)4-7(8)2/h7-8H,3-6,9H2,1-2H3/t7-,8+/m1/s1. The maximum Gasteiger partial charge on any atom is 0.0509 e. The molecule has 0 bridgehead atoms. The largest absolute Gasteiger partial charge is 0.381 e. The van der Waals surface area contributed by atoms with Crippen molar-refractivity contribution in [2.24, 2.45) is 17.7 Å². The summed E-state index contributed by atoms with van der Waals surface area (Å²) in [6, 6.07) is 0. The fourth-order valence-corrected chi connectivity index (χ4v) is 1.56. The third-order valence-electron chi connectivity index (χ3n) is 2.33. The molecule has 2 atom stereocenters. The molecule has 0 aromatic heterocycles. The van der Waals surface area contributed by atoms with Crippen LogP contribution >= 0.6 is 0 Å². The Kier molecular flexibility index (Phi) is 3.30. The minimum atomic E-state index is 0.639. The van der Waals surface area contributed by atoms with Crippen LogP contribution in [0.3, 0.4) is 0 Å². The van der Waals surface area contributed by atoms with Crippen LogP contribution in [0.25, 0.3) is 0 Å². The Labute approximate surface area is 68.5 Å². The number of ether oxygens (including phenoxy) is 1. The van der Waals surface area contributed by atoms with E-state index in [0.29, 0.717) is 11.8 Å². The van der Waals surface area contributed by atoms with E-state index in [4.69, 9.17) is 10.6 Å². The molecule has 1 aliphatic rings. The van der Waals surface area contributed by atoms with Gasteiger partial charge in [-0.05, 0) is 12.8 Å². The molecule has 0 aromatic rings. The van der Waals surface area contributed by atoms with Crippen LogP contribution < -0.4 is 5.84 Å². The summed E-state index contributed by atoms with van der Waals surface area (Å²) in [5, 5.41) is 1.88. The number of nitrogens with two attached hydrogens (primary N) is 1. The highest BCUT2D eigenvalue weighted by Crippen LogP contribution is 2.20. The van der Waals surface area contributed by atoms with Crippen molar-refractivity contribution in [3.05, 3.63) is 0 Å². The predicted octanol–water partition coefficient (Wildman–Crippen LogP) is 0.465. The maximum absolute atomic E-state index is 5.67. The van der Waals surface area contributed by atoms with E-state index in [2.05, 4.69) is 6.92 Å². The first-order valence-electron chi connectivity index (χ1n) is 4.31. The van der Waals surface area contributed by atoms with Crippen LogP contribution in [0.5, 0.6) is 0 Å². The molecule has 3 nitrogen and oxygen atoms in total. The van der Waals surface area contributed by atoms with E-state index >= 15 is 0 Å². The molecule has 66 valence electrons. The number of hydrazine groups is 1. The Morgan fingerprint density at radius 2 is 2.27 bits per heavy atom. The van der Waals surface area contributed by atoms with E-state index in [1.165, 1.54) is 0 Å². The SMILES string of the molecule is CCOC[C@@H]1CN(N)C[C@H]1C. The molecule has 0 saturated carbocycles. The Balaban J connectivity index is 2.23. The van der Waals surface area contributed by atoms with Gasteiger partial charge in [-0.15, -0.1) is 0 Å². The van der Waals surface area contributed by atoms with Gasteiger partial charge in [-0.3, -0.25) is 5.84 Å². The van der Waals surface area contributed by atoms with E-state index in [1.807, 2.05) is 11.9 Å². The van der Waals surface area contributed by atoms with Gasteiger partial charge in [0, 0.05) is 25.6 Å². The molecule has 0 unspecified atom stereocenters. The van der Waals surface area contributed by atoms with Gasteiger partial charge in [0.15, 0.2) is 0 Å². The van der Waals surface area contributed by atoms with Crippen LogP contribution in [0.15, 0.2) is 0 Å². The van der Waals surface area contributed by atoms with Crippen molar-refractivity contribution in [1.82, 2.24) is 5.01 Å². The maximum atomic E-state index is 5.67. The quantitative estimate of drug-likeness (QED) is 0.607. The lowest BCUT2D eigenvalue weighted by Crippen LogP contribution is -2.28. The molecule has 1 heterocycles. The second kappa shape index (κ2) is 4.04. The predicted molar refractivity (Wildman–Crippen MR) is 44.9 cm³/mol. The van der Waals surface area contributed by atoms with Gasteiger partial charge in [-0.25, -0.2) is 5.01 Å². The lowest BCUT2D eigenvalue weighted by Gasteiger charge is -2.12. The smallest absolute Gasteiger partial charge is 0.0509 e. The third-order valence-corrected chi connectivity index (χ3v) is 2.33. The topological polar surface area (TPSA) is 38.5 Å². The second-order valence-corrected chi connectivity index (χ2v) is 3.35. The zero-order valence-electron chi connectivity index (χ0n) is 7.42. The summed E-state index contributed by atoms with van der Waals surface area (Å²) < 4.78 is 5.35. The summed E-state index contributed by atoms with van der Waals surface area (Å²) in [4.78, 5) is 0. The summed E-state index contributed by atoms with van der Waals surface area (Å²) >= 11 is 0. The summed E-state index contributed by atoms with van der Waals surface area (Å²) in [6.45, 7) is 7.94. The van der Waals surface area contributed by atoms with Crippen molar-refractivity contribution in [1.29, 1.82) is 0 Å². The van der Waals surface area contributed by atoms with Gasteiger partial charge in [0.25, 0.3) is 0 Å². The summed E-state index contributed by atoms with van der Waals surface area (Å²) in [7, 11) is 0. The van der Waals surface area contributed by atoms with Crippen molar-refractivity contribution >= 4 is 0 Å². The molecule has 0 radical (unpaired) electrons. The molecule has 1 fully saturated rings. The highest BCUT2D eigenvalue weighted by atomic mass is 16.5. The van der Waals surface area contributed by atoms with Crippen molar-refractivity contribution in [2.45, 2.75) is 13.8 Å². The average Bonchev–Trinajstić information content (AvgIpc) is 2.26. The van der Waals surface area contributed by atoms with Gasteiger partial charge in [0.2, 0.25) is 0 Å².